The Kier molecular flexibility index (Phi) is 7.15. The molecular weight excluding hydrogens is 216 g/mol. The van der Waals surface area contributed by atoms with Gasteiger partial charge in [-0.25, -0.2) is 5.84 Å². The molecule has 0 bridgehead atoms. The van der Waals surface area contributed by atoms with Crippen LogP contribution in [0.5, 0.6) is 0 Å². The molecule has 0 spiro atoms. The van der Waals surface area contributed by atoms with Gasteiger partial charge in [0, 0.05) is 19.7 Å². The average molecular weight is 244 g/mol. The van der Waals surface area contributed by atoms with Crippen LogP contribution in [-0.4, -0.2) is 32.3 Å². The summed E-state index contributed by atoms with van der Waals surface area (Å²) in [6, 6.07) is 0.180. The minimum Gasteiger partial charge on any atom is -0.383 e. The van der Waals surface area contributed by atoms with Gasteiger partial charge in [-0.05, 0) is 18.3 Å². The average Bonchev–Trinajstić information content (AvgIpc) is 2.22. The molecule has 0 radical (unpaired) electrons. The Morgan fingerprint density at radius 2 is 1.94 bits per heavy atom. The Labute approximate surface area is 105 Å². The number of ether oxygens (including phenoxy) is 1. The van der Waals surface area contributed by atoms with Crippen molar-refractivity contribution in [3.8, 4) is 0 Å². The molecule has 0 rings (SSSR count). The molecule has 0 aromatic rings. The van der Waals surface area contributed by atoms with Crippen molar-refractivity contribution in [2.24, 2.45) is 22.2 Å². The van der Waals surface area contributed by atoms with Gasteiger partial charge in [0.25, 0.3) is 0 Å². The molecule has 0 aromatic carbocycles. The normalized spacial score (nSPS) is 16.5. The summed E-state index contributed by atoms with van der Waals surface area (Å²) in [5, 5.41) is 3.16. The van der Waals surface area contributed by atoms with Gasteiger partial charge in [-0.1, -0.05) is 27.7 Å². The van der Waals surface area contributed by atoms with Gasteiger partial charge < -0.3 is 10.1 Å². The van der Waals surface area contributed by atoms with Gasteiger partial charge in [-0.2, -0.15) is 0 Å². The van der Waals surface area contributed by atoms with Crippen molar-refractivity contribution in [3.05, 3.63) is 0 Å². The van der Waals surface area contributed by atoms with Crippen LogP contribution in [-0.2, 0) is 4.74 Å². The first-order chi connectivity index (χ1) is 7.81. The van der Waals surface area contributed by atoms with Crippen molar-refractivity contribution in [2.75, 3.05) is 20.3 Å². The number of rotatable bonds is 5. The summed E-state index contributed by atoms with van der Waals surface area (Å²) >= 11 is 0. The fourth-order valence-electron chi connectivity index (χ4n) is 1.16. The molecule has 4 N–H and O–H groups in total. The van der Waals surface area contributed by atoms with Crippen molar-refractivity contribution in [1.82, 2.24) is 10.7 Å². The van der Waals surface area contributed by atoms with E-state index < -0.39 is 0 Å². The van der Waals surface area contributed by atoms with Gasteiger partial charge in [0.15, 0.2) is 0 Å². The van der Waals surface area contributed by atoms with Crippen molar-refractivity contribution >= 4 is 5.96 Å². The van der Waals surface area contributed by atoms with Crippen molar-refractivity contribution in [3.63, 3.8) is 0 Å². The van der Waals surface area contributed by atoms with E-state index in [1.165, 1.54) is 0 Å². The molecule has 0 fully saturated rings. The highest BCUT2D eigenvalue weighted by molar-refractivity contribution is 5.79. The molecular formula is C12H28N4O. The minimum atomic E-state index is 0.180. The molecule has 0 aliphatic rings. The van der Waals surface area contributed by atoms with Crippen LogP contribution < -0.4 is 16.6 Å². The number of methoxy groups -OCH3 is 1. The van der Waals surface area contributed by atoms with Crippen LogP contribution >= 0.6 is 0 Å². The fourth-order valence-corrected chi connectivity index (χ4v) is 1.16. The van der Waals surface area contributed by atoms with Crippen LogP contribution in [0.4, 0.5) is 0 Å². The number of guanidine groups is 1. The van der Waals surface area contributed by atoms with E-state index in [2.05, 4.69) is 43.4 Å². The maximum atomic E-state index is 5.43. The Bertz CT molecular complexity index is 235. The van der Waals surface area contributed by atoms with Crippen molar-refractivity contribution in [2.45, 2.75) is 40.7 Å². The molecule has 0 aliphatic heterocycles. The van der Waals surface area contributed by atoms with Crippen molar-refractivity contribution < 1.29 is 4.74 Å². The molecule has 0 aliphatic carbocycles. The van der Waals surface area contributed by atoms with Crippen molar-refractivity contribution in [1.29, 1.82) is 0 Å². The molecule has 102 valence electrons. The lowest BCUT2D eigenvalue weighted by atomic mass is 9.82. The standard InChI is InChI=1S/C12H28N4O/c1-9(12(3,4)5)7-14-11(16-13)15-10(2)8-17-6/h9-10H,7-8,13H2,1-6H3,(H2,14,15,16). The first-order valence-corrected chi connectivity index (χ1v) is 6.07. The van der Waals surface area contributed by atoms with E-state index in [9.17, 15) is 0 Å². The molecule has 0 saturated heterocycles. The molecule has 17 heavy (non-hydrogen) atoms. The molecule has 0 heterocycles. The maximum absolute atomic E-state index is 5.43. The Hall–Kier alpha value is -0.810. The lowest BCUT2D eigenvalue weighted by molar-refractivity contribution is 0.179. The zero-order valence-electron chi connectivity index (χ0n) is 12.0. The summed E-state index contributed by atoms with van der Waals surface area (Å²) in [6.07, 6.45) is 0. The van der Waals surface area contributed by atoms with Gasteiger partial charge in [0.1, 0.15) is 0 Å². The quantitative estimate of drug-likeness (QED) is 0.293. The number of hydrogen-bond acceptors (Lipinski definition) is 3. The van der Waals surface area contributed by atoms with Gasteiger partial charge in [-0.15, -0.1) is 0 Å². The predicted octanol–water partition coefficient (Wildman–Crippen LogP) is 1.11. The third-order valence-electron chi connectivity index (χ3n) is 2.94. The largest absolute Gasteiger partial charge is 0.383 e. The number of nitrogens with two attached hydrogens (primary N) is 1. The van der Waals surface area contributed by atoms with Crippen LogP contribution in [0, 0.1) is 11.3 Å². The van der Waals surface area contributed by atoms with Gasteiger partial charge >= 0.3 is 0 Å². The topological polar surface area (TPSA) is 71.7 Å². The smallest absolute Gasteiger partial charge is 0.206 e. The third kappa shape index (κ3) is 7.18. The molecule has 5 heteroatoms. The SMILES string of the molecule is COCC(C)NC(=NCC(C)C(C)(C)C)NN. The summed E-state index contributed by atoms with van der Waals surface area (Å²) in [5.74, 6) is 6.54. The van der Waals surface area contributed by atoms with E-state index in [1.54, 1.807) is 7.11 Å². The lowest BCUT2D eigenvalue weighted by Gasteiger charge is -2.26. The highest BCUT2D eigenvalue weighted by Crippen LogP contribution is 2.25. The zero-order chi connectivity index (χ0) is 13.5. The Morgan fingerprint density at radius 1 is 1.35 bits per heavy atom. The Morgan fingerprint density at radius 3 is 2.35 bits per heavy atom. The lowest BCUT2D eigenvalue weighted by Crippen LogP contribution is -2.47. The maximum Gasteiger partial charge on any atom is 0.206 e. The highest BCUT2D eigenvalue weighted by atomic mass is 16.5. The first kappa shape index (κ1) is 16.2. The molecule has 0 saturated carbocycles. The minimum absolute atomic E-state index is 0.180. The molecule has 0 amide bonds. The number of nitrogens with zero attached hydrogens (tertiary/aromatic N) is 1. The summed E-state index contributed by atoms with van der Waals surface area (Å²) in [6.45, 7) is 12.2. The van der Waals surface area contributed by atoms with Crippen LogP contribution in [0.3, 0.4) is 0 Å². The second-order valence-corrected chi connectivity index (χ2v) is 5.60. The van der Waals surface area contributed by atoms with E-state index in [4.69, 9.17) is 10.6 Å². The van der Waals surface area contributed by atoms with Gasteiger partial charge in [0.2, 0.25) is 5.96 Å². The number of nitrogens with one attached hydrogen (secondary N) is 2. The fraction of sp³-hybridized carbons (Fsp3) is 0.917. The van der Waals surface area contributed by atoms with E-state index >= 15 is 0 Å². The summed E-state index contributed by atoms with van der Waals surface area (Å²) in [7, 11) is 1.67. The molecule has 5 nitrogen and oxygen atoms in total. The molecule has 2 unspecified atom stereocenters. The van der Waals surface area contributed by atoms with Gasteiger partial charge in [0.05, 0.1) is 6.61 Å². The van der Waals surface area contributed by atoms with Gasteiger partial charge in [-0.3, -0.25) is 10.4 Å². The second kappa shape index (κ2) is 7.50. The van der Waals surface area contributed by atoms with Crippen LogP contribution in [0.2, 0.25) is 0 Å². The predicted molar refractivity (Wildman–Crippen MR) is 72.7 cm³/mol. The van der Waals surface area contributed by atoms with E-state index in [0.29, 0.717) is 18.5 Å². The van der Waals surface area contributed by atoms with E-state index in [-0.39, 0.29) is 11.5 Å². The monoisotopic (exact) mass is 244 g/mol. The zero-order valence-corrected chi connectivity index (χ0v) is 12.0. The van der Waals surface area contributed by atoms with Crippen LogP contribution in [0.1, 0.15) is 34.6 Å². The van der Waals surface area contributed by atoms with E-state index in [1.807, 2.05) is 6.92 Å². The number of aliphatic imine (C=N–C) groups is 1. The summed E-state index contributed by atoms with van der Waals surface area (Å²) < 4.78 is 5.04. The summed E-state index contributed by atoms with van der Waals surface area (Å²) in [4.78, 5) is 4.44. The highest BCUT2D eigenvalue weighted by Gasteiger charge is 2.19. The van der Waals surface area contributed by atoms with E-state index in [0.717, 1.165) is 6.54 Å². The van der Waals surface area contributed by atoms with Crippen LogP contribution in [0.25, 0.3) is 0 Å². The first-order valence-electron chi connectivity index (χ1n) is 6.07. The molecule has 0 aromatic heterocycles. The number of hydrazine groups is 1. The summed E-state index contributed by atoms with van der Waals surface area (Å²) in [5.41, 5.74) is 2.83. The van der Waals surface area contributed by atoms with Crippen LogP contribution in [0.15, 0.2) is 4.99 Å². The molecule has 2 atom stereocenters. The Balaban J connectivity index is 4.26. The number of hydrogen-bond donors (Lipinski definition) is 3. The third-order valence-corrected chi connectivity index (χ3v) is 2.94. The second-order valence-electron chi connectivity index (χ2n) is 5.60.